The molecule has 2 unspecified atom stereocenters. The Morgan fingerprint density at radius 3 is 2.55 bits per heavy atom. The van der Waals surface area contributed by atoms with Gasteiger partial charge in [0.2, 0.25) is 0 Å². The summed E-state index contributed by atoms with van der Waals surface area (Å²) in [6, 6.07) is 0. The molecule has 1 aliphatic rings. The molecule has 2 atom stereocenters. The molecule has 0 aliphatic heterocycles. The Labute approximate surface area is 68.5 Å². The van der Waals surface area contributed by atoms with Crippen LogP contribution < -0.4 is 0 Å². The summed E-state index contributed by atoms with van der Waals surface area (Å²) >= 11 is 0. The van der Waals surface area contributed by atoms with Crippen LogP contribution in [0.3, 0.4) is 0 Å². The average Bonchev–Trinajstić information content (AvgIpc) is 2.30. The van der Waals surface area contributed by atoms with Crippen molar-refractivity contribution in [1.29, 1.82) is 0 Å². The molecule has 0 spiro atoms. The summed E-state index contributed by atoms with van der Waals surface area (Å²) in [5.41, 5.74) is 2.72. The first-order valence-electron chi connectivity index (χ1n) is 4.28. The van der Waals surface area contributed by atoms with Gasteiger partial charge in [-0.25, -0.2) is 0 Å². The summed E-state index contributed by atoms with van der Waals surface area (Å²) < 4.78 is 0. The van der Waals surface area contributed by atoms with Gasteiger partial charge in [0.15, 0.2) is 0 Å². The van der Waals surface area contributed by atoms with E-state index in [0.29, 0.717) is 5.92 Å². The van der Waals surface area contributed by atoms with Crippen molar-refractivity contribution in [3.05, 3.63) is 11.1 Å². The third-order valence-electron chi connectivity index (χ3n) is 2.67. The molecule has 1 saturated carbocycles. The van der Waals surface area contributed by atoms with Crippen LogP contribution in [-0.4, -0.2) is 6.29 Å². The van der Waals surface area contributed by atoms with Crippen LogP contribution in [-0.2, 0) is 4.79 Å². The molecule has 62 valence electrons. The van der Waals surface area contributed by atoms with Gasteiger partial charge < -0.3 is 4.79 Å². The minimum atomic E-state index is 0.222. The number of aldehydes is 1. The molecular formula is C10H16O. The maximum Gasteiger partial charge on any atom is 0.127 e. The molecule has 1 fully saturated rings. The highest BCUT2D eigenvalue weighted by molar-refractivity contribution is 5.61. The number of rotatable bonds is 1. The fourth-order valence-electron chi connectivity index (χ4n) is 1.87. The molecule has 11 heavy (non-hydrogen) atoms. The average molecular weight is 152 g/mol. The predicted octanol–water partition coefficient (Wildman–Crippen LogP) is 2.57. The number of carbonyl (C=O) groups excluding carboxylic acids is 1. The molecule has 0 aromatic rings. The zero-order valence-corrected chi connectivity index (χ0v) is 7.55. The van der Waals surface area contributed by atoms with E-state index >= 15 is 0 Å². The van der Waals surface area contributed by atoms with Crippen LogP contribution in [0.4, 0.5) is 0 Å². The van der Waals surface area contributed by atoms with E-state index in [0.717, 1.165) is 12.7 Å². The van der Waals surface area contributed by atoms with Crippen molar-refractivity contribution in [2.24, 2.45) is 11.8 Å². The Hall–Kier alpha value is -0.590. The first-order chi connectivity index (χ1) is 5.16. The lowest BCUT2D eigenvalue weighted by atomic mass is 9.94. The van der Waals surface area contributed by atoms with Crippen LogP contribution in [0.2, 0.25) is 0 Å². The fraction of sp³-hybridized carbons (Fsp3) is 0.700. The lowest BCUT2D eigenvalue weighted by molar-refractivity contribution is -0.110. The fourth-order valence-corrected chi connectivity index (χ4v) is 1.87. The molecule has 0 aromatic heterocycles. The van der Waals surface area contributed by atoms with E-state index < -0.39 is 0 Å². The lowest BCUT2D eigenvalue weighted by Gasteiger charge is -2.09. The van der Waals surface area contributed by atoms with Crippen LogP contribution >= 0.6 is 0 Å². The zero-order chi connectivity index (χ0) is 8.43. The second-order valence-electron chi connectivity index (χ2n) is 3.70. The third kappa shape index (κ3) is 1.52. The van der Waals surface area contributed by atoms with Gasteiger partial charge in [0, 0.05) is 5.92 Å². The molecule has 0 radical (unpaired) electrons. The van der Waals surface area contributed by atoms with Crippen LogP contribution in [0.25, 0.3) is 0 Å². The monoisotopic (exact) mass is 152 g/mol. The maximum absolute atomic E-state index is 10.7. The van der Waals surface area contributed by atoms with Crippen molar-refractivity contribution >= 4 is 6.29 Å². The van der Waals surface area contributed by atoms with Crippen molar-refractivity contribution in [2.45, 2.75) is 33.6 Å². The highest BCUT2D eigenvalue weighted by Crippen LogP contribution is 2.36. The van der Waals surface area contributed by atoms with Crippen LogP contribution in [0, 0.1) is 11.8 Å². The van der Waals surface area contributed by atoms with Crippen molar-refractivity contribution in [1.82, 2.24) is 0 Å². The van der Waals surface area contributed by atoms with E-state index in [1.165, 1.54) is 17.6 Å². The Bertz CT molecular complexity index is 187. The smallest absolute Gasteiger partial charge is 0.127 e. The highest BCUT2D eigenvalue weighted by atomic mass is 16.1. The van der Waals surface area contributed by atoms with Crippen LogP contribution in [0.5, 0.6) is 0 Å². The van der Waals surface area contributed by atoms with Gasteiger partial charge in [-0.3, -0.25) is 0 Å². The van der Waals surface area contributed by atoms with Gasteiger partial charge in [-0.15, -0.1) is 0 Å². The van der Waals surface area contributed by atoms with Crippen molar-refractivity contribution < 1.29 is 4.79 Å². The quantitative estimate of drug-likeness (QED) is 0.417. The van der Waals surface area contributed by atoms with Gasteiger partial charge in [-0.05, 0) is 32.6 Å². The van der Waals surface area contributed by atoms with Gasteiger partial charge in [0.1, 0.15) is 6.29 Å². The first kappa shape index (κ1) is 8.51. The van der Waals surface area contributed by atoms with Crippen molar-refractivity contribution in [3.8, 4) is 0 Å². The van der Waals surface area contributed by atoms with Crippen LogP contribution in [0.1, 0.15) is 33.6 Å². The lowest BCUT2D eigenvalue weighted by Crippen LogP contribution is -2.07. The maximum atomic E-state index is 10.7. The number of carbonyl (C=O) groups is 1. The normalized spacial score (nSPS) is 30.6. The van der Waals surface area contributed by atoms with E-state index in [2.05, 4.69) is 20.8 Å². The predicted molar refractivity (Wildman–Crippen MR) is 46.3 cm³/mol. The van der Waals surface area contributed by atoms with Gasteiger partial charge in [-0.2, -0.15) is 0 Å². The molecule has 0 heterocycles. The van der Waals surface area contributed by atoms with Gasteiger partial charge >= 0.3 is 0 Å². The van der Waals surface area contributed by atoms with E-state index in [1.807, 2.05) is 0 Å². The van der Waals surface area contributed by atoms with Crippen molar-refractivity contribution in [3.63, 3.8) is 0 Å². The molecule has 1 heteroatoms. The summed E-state index contributed by atoms with van der Waals surface area (Å²) in [5, 5.41) is 0. The van der Waals surface area contributed by atoms with E-state index in [-0.39, 0.29) is 5.92 Å². The Morgan fingerprint density at radius 1 is 1.55 bits per heavy atom. The molecule has 0 N–H and O–H groups in total. The number of allylic oxidation sites excluding steroid dienone is 2. The first-order valence-corrected chi connectivity index (χ1v) is 4.28. The molecular weight excluding hydrogens is 136 g/mol. The standard InChI is InChI=1S/C10H16O/c1-7(2)9-5-4-8(3)10(9)6-11/h6,8,10H,4-5H2,1-3H3. The molecule has 0 saturated heterocycles. The molecule has 1 aliphatic carbocycles. The van der Waals surface area contributed by atoms with Gasteiger partial charge in [-0.1, -0.05) is 18.1 Å². The molecule has 0 bridgehead atoms. The second kappa shape index (κ2) is 3.21. The summed E-state index contributed by atoms with van der Waals surface area (Å²) in [6.45, 7) is 6.36. The Morgan fingerprint density at radius 2 is 2.18 bits per heavy atom. The molecule has 1 rings (SSSR count). The SMILES string of the molecule is CC(C)=C1CCC(C)C1C=O. The largest absolute Gasteiger partial charge is 0.303 e. The van der Waals surface area contributed by atoms with Crippen LogP contribution in [0.15, 0.2) is 11.1 Å². The second-order valence-corrected chi connectivity index (χ2v) is 3.70. The molecule has 0 aromatic carbocycles. The molecule has 0 amide bonds. The summed E-state index contributed by atoms with van der Waals surface area (Å²) in [4.78, 5) is 10.7. The Balaban J connectivity index is 2.85. The minimum absolute atomic E-state index is 0.222. The zero-order valence-electron chi connectivity index (χ0n) is 7.55. The van der Waals surface area contributed by atoms with Gasteiger partial charge in [0.25, 0.3) is 0 Å². The third-order valence-corrected chi connectivity index (χ3v) is 2.67. The topological polar surface area (TPSA) is 17.1 Å². The number of hydrogen-bond donors (Lipinski definition) is 0. The van der Waals surface area contributed by atoms with E-state index in [4.69, 9.17) is 0 Å². The van der Waals surface area contributed by atoms with Crippen molar-refractivity contribution in [2.75, 3.05) is 0 Å². The Kier molecular flexibility index (Phi) is 2.48. The van der Waals surface area contributed by atoms with Gasteiger partial charge in [0.05, 0.1) is 0 Å². The summed E-state index contributed by atoms with van der Waals surface area (Å²) in [7, 11) is 0. The minimum Gasteiger partial charge on any atom is -0.303 e. The summed E-state index contributed by atoms with van der Waals surface area (Å²) in [5.74, 6) is 0.789. The number of hydrogen-bond acceptors (Lipinski definition) is 1. The van der Waals surface area contributed by atoms with E-state index in [9.17, 15) is 4.79 Å². The summed E-state index contributed by atoms with van der Waals surface area (Å²) in [6.07, 6.45) is 3.43. The molecule has 1 nitrogen and oxygen atoms in total. The highest BCUT2D eigenvalue weighted by Gasteiger charge is 2.27. The van der Waals surface area contributed by atoms with E-state index in [1.54, 1.807) is 0 Å².